The second-order valence-corrected chi connectivity index (χ2v) is 7.80. The van der Waals surface area contributed by atoms with Crippen molar-refractivity contribution < 1.29 is 4.79 Å². The molecule has 100 valence electrons. The van der Waals surface area contributed by atoms with Gasteiger partial charge in [-0.05, 0) is 37.5 Å². The summed E-state index contributed by atoms with van der Waals surface area (Å²) in [5, 5.41) is 0. The molecular formula is C16H24OS. The van der Waals surface area contributed by atoms with Crippen LogP contribution in [0.3, 0.4) is 0 Å². The average Bonchev–Trinajstić information content (AvgIpc) is 2.19. The smallest absolute Gasteiger partial charge is 0.147 e. The summed E-state index contributed by atoms with van der Waals surface area (Å²) in [7, 11) is 0. The maximum absolute atomic E-state index is 12.0. The first kappa shape index (κ1) is 15.3. The topological polar surface area (TPSA) is 17.1 Å². The lowest BCUT2D eigenvalue weighted by Crippen LogP contribution is -2.15. The fraction of sp³-hybridized carbons (Fsp3) is 0.562. The normalized spacial score (nSPS) is 11.7. The minimum atomic E-state index is 0.160. The van der Waals surface area contributed by atoms with Gasteiger partial charge in [-0.2, -0.15) is 0 Å². The van der Waals surface area contributed by atoms with Crippen molar-refractivity contribution in [2.75, 3.05) is 5.75 Å². The average molecular weight is 264 g/mol. The summed E-state index contributed by atoms with van der Waals surface area (Å²) in [4.78, 5) is 12.0. The van der Waals surface area contributed by atoms with E-state index in [1.165, 1.54) is 22.3 Å². The Hall–Kier alpha value is -0.760. The lowest BCUT2D eigenvalue weighted by atomic mass is 9.96. The predicted octanol–water partition coefficient (Wildman–Crippen LogP) is 4.26. The monoisotopic (exact) mass is 264 g/mol. The van der Waals surface area contributed by atoms with Crippen molar-refractivity contribution in [1.29, 1.82) is 0 Å². The van der Waals surface area contributed by atoms with Crippen LogP contribution in [0.1, 0.15) is 43.0 Å². The molecule has 1 aromatic rings. The Kier molecular flexibility index (Phi) is 5.03. The number of benzene rings is 1. The molecule has 0 spiro atoms. The molecule has 1 nitrogen and oxygen atoms in total. The van der Waals surface area contributed by atoms with Crippen molar-refractivity contribution in [2.24, 2.45) is 0 Å². The number of Topliss-reactive ketones (excluding diaryl/α,β-unsaturated/α-hetero) is 1. The number of carbonyl (C=O) groups excluding carboxylic acids is 1. The fourth-order valence-corrected chi connectivity index (χ4v) is 2.73. The summed E-state index contributed by atoms with van der Waals surface area (Å²) in [5.74, 6) is 0.931. The summed E-state index contributed by atoms with van der Waals surface area (Å²) in [6, 6.07) is 4.32. The molecule has 0 aromatic heterocycles. The van der Waals surface area contributed by atoms with Gasteiger partial charge in [-0.3, -0.25) is 4.79 Å². The van der Waals surface area contributed by atoms with Crippen LogP contribution < -0.4 is 0 Å². The SMILES string of the molecule is Cc1cc(C)c(CC(=O)CSC(C)(C)C)c(C)c1. The third kappa shape index (κ3) is 4.85. The number of hydrogen-bond donors (Lipinski definition) is 0. The highest BCUT2D eigenvalue weighted by Gasteiger charge is 2.15. The minimum absolute atomic E-state index is 0.160. The molecule has 0 saturated carbocycles. The molecule has 1 rings (SSSR count). The number of hydrogen-bond acceptors (Lipinski definition) is 2. The van der Waals surface area contributed by atoms with Crippen molar-refractivity contribution in [3.8, 4) is 0 Å². The standard InChI is InChI=1S/C16H24OS/c1-11-7-12(2)15(13(3)8-11)9-14(17)10-18-16(4,5)6/h7-8H,9-10H2,1-6H3. The molecule has 0 atom stereocenters. The van der Waals surface area contributed by atoms with E-state index in [0.29, 0.717) is 18.0 Å². The van der Waals surface area contributed by atoms with Crippen molar-refractivity contribution in [1.82, 2.24) is 0 Å². The van der Waals surface area contributed by atoms with Gasteiger partial charge >= 0.3 is 0 Å². The van der Waals surface area contributed by atoms with Crippen LogP contribution in [0.25, 0.3) is 0 Å². The molecule has 0 saturated heterocycles. The largest absolute Gasteiger partial charge is 0.298 e. The van der Waals surface area contributed by atoms with E-state index in [1.807, 2.05) is 0 Å². The molecule has 0 unspecified atom stereocenters. The van der Waals surface area contributed by atoms with Crippen LogP contribution in [0.4, 0.5) is 0 Å². The van der Waals surface area contributed by atoms with Crippen molar-refractivity contribution in [2.45, 2.75) is 52.7 Å². The van der Waals surface area contributed by atoms with Gasteiger partial charge in [0.25, 0.3) is 0 Å². The van der Waals surface area contributed by atoms with Crippen molar-refractivity contribution in [3.63, 3.8) is 0 Å². The van der Waals surface area contributed by atoms with Gasteiger partial charge in [0.1, 0.15) is 5.78 Å². The van der Waals surface area contributed by atoms with Gasteiger partial charge in [0.2, 0.25) is 0 Å². The third-order valence-electron chi connectivity index (χ3n) is 2.88. The van der Waals surface area contributed by atoms with E-state index >= 15 is 0 Å². The number of carbonyl (C=O) groups is 1. The van der Waals surface area contributed by atoms with Crippen LogP contribution in [0.15, 0.2) is 12.1 Å². The van der Waals surface area contributed by atoms with Gasteiger partial charge in [0, 0.05) is 11.2 Å². The van der Waals surface area contributed by atoms with E-state index in [9.17, 15) is 4.79 Å². The van der Waals surface area contributed by atoms with Gasteiger partial charge in [0.05, 0.1) is 5.75 Å². The molecule has 0 fully saturated rings. The van der Waals surface area contributed by atoms with E-state index in [-0.39, 0.29) is 4.75 Å². The Morgan fingerprint density at radius 1 is 1.11 bits per heavy atom. The quantitative estimate of drug-likeness (QED) is 0.808. The fourth-order valence-electron chi connectivity index (χ4n) is 2.03. The maximum atomic E-state index is 12.0. The van der Waals surface area contributed by atoms with Crippen molar-refractivity contribution in [3.05, 3.63) is 34.4 Å². The molecular weight excluding hydrogens is 240 g/mol. The molecule has 0 heterocycles. The first-order valence-corrected chi connectivity index (χ1v) is 7.40. The van der Waals surface area contributed by atoms with Gasteiger partial charge in [-0.15, -0.1) is 11.8 Å². The van der Waals surface area contributed by atoms with Crippen LogP contribution in [0, 0.1) is 20.8 Å². The molecule has 18 heavy (non-hydrogen) atoms. The van der Waals surface area contributed by atoms with Gasteiger partial charge in [-0.1, -0.05) is 38.5 Å². The molecule has 1 aromatic carbocycles. The van der Waals surface area contributed by atoms with E-state index in [4.69, 9.17) is 0 Å². The number of thioether (sulfide) groups is 1. The highest BCUT2D eigenvalue weighted by atomic mass is 32.2. The maximum Gasteiger partial charge on any atom is 0.147 e. The Balaban J connectivity index is 2.71. The van der Waals surface area contributed by atoms with E-state index < -0.39 is 0 Å². The summed E-state index contributed by atoms with van der Waals surface area (Å²) >= 11 is 1.73. The van der Waals surface area contributed by atoms with E-state index in [2.05, 4.69) is 53.7 Å². The number of rotatable bonds is 4. The molecule has 0 bridgehead atoms. The van der Waals surface area contributed by atoms with Gasteiger partial charge < -0.3 is 0 Å². The lowest BCUT2D eigenvalue weighted by Gasteiger charge is -2.17. The van der Waals surface area contributed by atoms with Crippen LogP contribution in [-0.2, 0) is 11.2 Å². The first-order chi connectivity index (χ1) is 8.19. The zero-order valence-corrected chi connectivity index (χ0v) is 13.2. The second-order valence-electron chi connectivity index (χ2n) is 5.99. The molecule has 2 heteroatoms. The van der Waals surface area contributed by atoms with Gasteiger partial charge in [0.15, 0.2) is 0 Å². The van der Waals surface area contributed by atoms with Crippen molar-refractivity contribution >= 4 is 17.5 Å². The van der Waals surface area contributed by atoms with Crippen LogP contribution in [0.2, 0.25) is 0 Å². The highest BCUT2D eigenvalue weighted by Crippen LogP contribution is 2.24. The predicted molar refractivity (Wildman–Crippen MR) is 81.6 cm³/mol. The van der Waals surface area contributed by atoms with Crippen LogP contribution in [-0.4, -0.2) is 16.3 Å². The number of ketones is 1. The summed E-state index contributed by atoms with van der Waals surface area (Å²) in [5.41, 5.74) is 4.95. The molecule has 0 N–H and O–H groups in total. The van der Waals surface area contributed by atoms with E-state index in [0.717, 1.165) is 0 Å². The third-order valence-corrected chi connectivity index (χ3v) is 4.21. The zero-order chi connectivity index (χ0) is 13.9. The summed E-state index contributed by atoms with van der Waals surface area (Å²) < 4.78 is 0.160. The second kappa shape index (κ2) is 5.92. The number of aryl methyl sites for hydroxylation is 3. The summed E-state index contributed by atoms with van der Waals surface area (Å²) in [6.07, 6.45) is 0.570. The minimum Gasteiger partial charge on any atom is -0.298 e. The zero-order valence-electron chi connectivity index (χ0n) is 12.4. The molecule has 0 radical (unpaired) electrons. The molecule has 0 aliphatic rings. The Labute approximate surface area is 115 Å². The lowest BCUT2D eigenvalue weighted by molar-refractivity contribution is -0.116. The summed E-state index contributed by atoms with van der Waals surface area (Å²) in [6.45, 7) is 12.7. The molecule has 0 aliphatic carbocycles. The van der Waals surface area contributed by atoms with Crippen LogP contribution in [0.5, 0.6) is 0 Å². The Morgan fingerprint density at radius 2 is 1.61 bits per heavy atom. The first-order valence-electron chi connectivity index (χ1n) is 6.41. The Bertz CT molecular complexity index is 418. The Morgan fingerprint density at radius 3 is 2.06 bits per heavy atom. The molecule has 0 aliphatic heterocycles. The van der Waals surface area contributed by atoms with Gasteiger partial charge in [-0.25, -0.2) is 0 Å². The van der Waals surface area contributed by atoms with Crippen LogP contribution >= 0.6 is 11.8 Å². The highest BCUT2D eigenvalue weighted by molar-refractivity contribution is 8.01. The van der Waals surface area contributed by atoms with E-state index in [1.54, 1.807) is 11.8 Å². The molecule has 0 amide bonds.